The van der Waals surface area contributed by atoms with E-state index in [-0.39, 0.29) is 11.5 Å². The zero-order chi connectivity index (χ0) is 17.8. The summed E-state index contributed by atoms with van der Waals surface area (Å²) in [7, 11) is 0. The third-order valence-corrected chi connectivity index (χ3v) is 5.23. The molecule has 1 aliphatic rings. The van der Waals surface area contributed by atoms with Crippen molar-refractivity contribution >= 4 is 17.4 Å². The van der Waals surface area contributed by atoms with Gasteiger partial charge in [-0.2, -0.15) is 5.26 Å². The first-order valence-electron chi connectivity index (χ1n) is 8.38. The molecule has 1 aliphatic heterocycles. The number of hydrogen-bond acceptors (Lipinski definition) is 5. The molecule has 1 aromatic rings. The van der Waals surface area contributed by atoms with Crippen molar-refractivity contribution in [3.05, 3.63) is 21.9 Å². The maximum Gasteiger partial charge on any atom is 0.410 e. The monoisotopic (exact) mass is 349 g/mol. The van der Waals surface area contributed by atoms with Crippen molar-refractivity contribution in [2.24, 2.45) is 5.41 Å². The Morgan fingerprint density at radius 3 is 2.62 bits per heavy atom. The Balaban J connectivity index is 1.75. The van der Waals surface area contributed by atoms with E-state index in [1.807, 2.05) is 37.8 Å². The summed E-state index contributed by atoms with van der Waals surface area (Å²) in [5.74, 6) is 0. The Bertz CT molecular complexity index is 605. The van der Waals surface area contributed by atoms with E-state index in [0.29, 0.717) is 0 Å². The summed E-state index contributed by atoms with van der Waals surface area (Å²) < 4.78 is 5.44. The number of carbonyl (C=O) groups is 1. The number of likely N-dealkylation sites (tertiary alicyclic amines) is 1. The van der Waals surface area contributed by atoms with Crippen LogP contribution in [0.4, 0.5) is 4.79 Å². The number of nitrogens with one attached hydrogen (secondary N) is 1. The van der Waals surface area contributed by atoms with Gasteiger partial charge >= 0.3 is 6.09 Å². The number of hydrogen-bond donors (Lipinski definition) is 1. The highest BCUT2D eigenvalue weighted by molar-refractivity contribution is 7.12. The van der Waals surface area contributed by atoms with Crippen molar-refractivity contribution in [2.75, 3.05) is 19.6 Å². The minimum Gasteiger partial charge on any atom is -0.444 e. The van der Waals surface area contributed by atoms with Crippen LogP contribution in [0.5, 0.6) is 0 Å². The fourth-order valence-electron chi connectivity index (χ4n) is 2.75. The Hall–Kier alpha value is -1.58. The first-order chi connectivity index (χ1) is 11.2. The van der Waals surface area contributed by atoms with Crippen molar-refractivity contribution in [3.8, 4) is 6.07 Å². The van der Waals surface area contributed by atoms with Crippen LogP contribution in [-0.2, 0) is 11.3 Å². The molecule has 0 saturated carbocycles. The molecule has 2 rings (SSSR count). The Morgan fingerprint density at radius 1 is 1.42 bits per heavy atom. The molecule has 5 nitrogen and oxygen atoms in total. The van der Waals surface area contributed by atoms with Crippen LogP contribution in [0.15, 0.2) is 12.1 Å². The normalized spacial score (nSPS) is 17.4. The fourth-order valence-corrected chi connectivity index (χ4v) is 3.53. The highest BCUT2D eigenvalue weighted by Crippen LogP contribution is 2.31. The number of piperidine rings is 1. The van der Waals surface area contributed by atoms with E-state index in [4.69, 9.17) is 10.00 Å². The van der Waals surface area contributed by atoms with Crippen LogP contribution in [0, 0.1) is 16.7 Å². The van der Waals surface area contributed by atoms with Crippen LogP contribution in [0.1, 0.15) is 50.3 Å². The summed E-state index contributed by atoms with van der Waals surface area (Å²) in [6.45, 7) is 11.1. The quantitative estimate of drug-likeness (QED) is 0.899. The van der Waals surface area contributed by atoms with Crippen molar-refractivity contribution < 1.29 is 9.53 Å². The SMILES string of the molecule is CC1(CNCc2ccc(C#N)s2)CCN(C(=O)OC(C)(C)C)CC1. The second kappa shape index (κ2) is 7.54. The van der Waals surface area contributed by atoms with Crippen molar-refractivity contribution in [2.45, 2.75) is 52.7 Å². The van der Waals surface area contributed by atoms with Gasteiger partial charge in [0.1, 0.15) is 16.5 Å². The molecule has 1 amide bonds. The third-order valence-electron chi connectivity index (χ3n) is 4.25. The molecular formula is C18H27N3O2S. The fraction of sp³-hybridized carbons (Fsp3) is 0.667. The number of nitriles is 1. The maximum atomic E-state index is 12.1. The maximum absolute atomic E-state index is 12.1. The van der Waals surface area contributed by atoms with E-state index >= 15 is 0 Å². The van der Waals surface area contributed by atoms with Gasteiger partial charge in [-0.25, -0.2) is 4.79 Å². The summed E-state index contributed by atoms with van der Waals surface area (Å²) in [6, 6.07) is 6.03. The molecule has 1 aromatic heterocycles. The predicted molar refractivity (Wildman–Crippen MR) is 95.9 cm³/mol. The molecule has 0 aliphatic carbocycles. The van der Waals surface area contributed by atoms with Crippen LogP contribution < -0.4 is 5.32 Å². The van der Waals surface area contributed by atoms with E-state index in [1.54, 1.807) is 0 Å². The largest absolute Gasteiger partial charge is 0.444 e. The lowest BCUT2D eigenvalue weighted by Gasteiger charge is -2.39. The number of thiophene rings is 1. The molecular weight excluding hydrogens is 322 g/mol. The summed E-state index contributed by atoms with van der Waals surface area (Å²) in [5, 5.41) is 12.4. The van der Waals surface area contributed by atoms with E-state index in [1.165, 1.54) is 16.2 Å². The average molecular weight is 350 g/mol. The molecule has 1 saturated heterocycles. The Labute approximate surface area is 148 Å². The van der Waals surface area contributed by atoms with Gasteiger partial charge in [-0.3, -0.25) is 0 Å². The van der Waals surface area contributed by atoms with Gasteiger partial charge in [-0.1, -0.05) is 6.92 Å². The van der Waals surface area contributed by atoms with E-state index < -0.39 is 5.60 Å². The number of amides is 1. The minimum absolute atomic E-state index is 0.188. The van der Waals surface area contributed by atoms with Gasteiger partial charge in [-0.05, 0) is 51.2 Å². The first-order valence-corrected chi connectivity index (χ1v) is 9.20. The smallest absolute Gasteiger partial charge is 0.410 e. The lowest BCUT2D eigenvalue weighted by atomic mass is 9.80. The van der Waals surface area contributed by atoms with Crippen molar-refractivity contribution in [1.29, 1.82) is 5.26 Å². The van der Waals surface area contributed by atoms with Gasteiger partial charge in [0.05, 0.1) is 0 Å². The second-order valence-electron chi connectivity index (χ2n) is 7.76. The van der Waals surface area contributed by atoms with Crippen LogP contribution in [0.25, 0.3) is 0 Å². The number of rotatable bonds is 4. The first kappa shape index (κ1) is 18.8. The highest BCUT2D eigenvalue weighted by Gasteiger charge is 2.33. The number of ether oxygens (including phenoxy) is 1. The summed E-state index contributed by atoms with van der Waals surface area (Å²) in [5.41, 5.74) is -0.254. The van der Waals surface area contributed by atoms with Gasteiger partial charge < -0.3 is 15.0 Å². The van der Waals surface area contributed by atoms with Gasteiger partial charge in [0, 0.05) is 31.1 Å². The molecule has 0 aromatic carbocycles. The molecule has 6 heteroatoms. The molecule has 1 fully saturated rings. The van der Waals surface area contributed by atoms with Gasteiger partial charge in [-0.15, -0.1) is 11.3 Å². The molecule has 24 heavy (non-hydrogen) atoms. The summed E-state index contributed by atoms with van der Waals surface area (Å²) in [4.78, 5) is 15.9. The molecule has 0 radical (unpaired) electrons. The minimum atomic E-state index is -0.442. The Morgan fingerprint density at radius 2 is 2.08 bits per heavy atom. The van der Waals surface area contributed by atoms with Crippen molar-refractivity contribution in [3.63, 3.8) is 0 Å². The molecule has 132 valence electrons. The van der Waals surface area contributed by atoms with Gasteiger partial charge in [0.25, 0.3) is 0 Å². The summed E-state index contributed by atoms with van der Waals surface area (Å²) >= 11 is 1.53. The van der Waals surface area contributed by atoms with Crippen molar-refractivity contribution in [1.82, 2.24) is 10.2 Å². The predicted octanol–water partition coefficient (Wildman–Crippen LogP) is 3.75. The molecule has 0 spiro atoms. The summed E-state index contributed by atoms with van der Waals surface area (Å²) in [6.07, 6.45) is 1.72. The van der Waals surface area contributed by atoms with Crippen LogP contribution in [-0.4, -0.2) is 36.2 Å². The van der Waals surface area contributed by atoms with E-state index in [2.05, 4.69) is 18.3 Å². The highest BCUT2D eigenvalue weighted by atomic mass is 32.1. The van der Waals surface area contributed by atoms with Gasteiger partial charge in [0.2, 0.25) is 0 Å². The zero-order valence-corrected chi connectivity index (χ0v) is 15.8. The third kappa shape index (κ3) is 5.50. The Kier molecular flexibility index (Phi) is 5.89. The molecule has 0 atom stereocenters. The lowest BCUT2D eigenvalue weighted by molar-refractivity contribution is 0.0119. The topological polar surface area (TPSA) is 65.4 Å². The van der Waals surface area contributed by atoms with Crippen LogP contribution in [0.3, 0.4) is 0 Å². The number of carbonyl (C=O) groups excluding carboxylic acids is 1. The van der Waals surface area contributed by atoms with Gasteiger partial charge in [0.15, 0.2) is 0 Å². The lowest BCUT2D eigenvalue weighted by Crippen LogP contribution is -2.47. The van der Waals surface area contributed by atoms with E-state index in [0.717, 1.165) is 43.9 Å². The molecule has 1 N–H and O–H groups in total. The zero-order valence-electron chi connectivity index (χ0n) is 15.0. The molecule has 2 heterocycles. The van der Waals surface area contributed by atoms with Crippen LogP contribution >= 0.6 is 11.3 Å². The standard InChI is InChI=1S/C18H27N3O2S/c1-17(2,3)23-16(22)21-9-7-18(4,8-10-21)13-20-12-15-6-5-14(11-19)24-15/h5-6,20H,7-10,12-13H2,1-4H3. The number of nitrogens with zero attached hydrogens (tertiary/aromatic N) is 2. The van der Waals surface area contributed by atoms with Crippen LogP contribution in [0.2, 0.25) is 0 Å². The average Bonchev–Trinajstić information content (AvgIpc) is 2.94. The molecule has 0 unspecified atom stereocenters. The molecule has 0 bridgehead atoms. The second-order valence-corrected chi connectivity index (χ2v) is 8.93. The van der Waals surface area contributed by atoms with E-state index in [9.17, 15) is 4.79 Å².